The molecule has 1 unspecified atom stereocenters. The molecule has 2 heterocycles. The number of nitrogens with zero attached hydrogens (tertiary/aromatic N) is 4. The molecule has 0 aliphatic carbocycles. The van der Waals surface area contributed by atoms with Crippen LogP contribution in [0.1, 0.15) is 78.2 Å². The second-order valence-electron chi connectivity index (χ2n) is 10.8. The first-order valence-corrected chi connectivity index (χ1v) is 13.7. The number of nitrogens with one attached hydrogen (secondary N) is 1. The van der Waals surface area contributed by atoms with E-state index in [-0.39, 0.29) is 5.96 Å². The summed E-state index contributed by atoms with van der Waals surface area (Å²) >= 11 is 0. The number of rotatable bonds is 8. The zero-order chi connectivity index (χ0) is 28.7. The van der Waals surface area contributed by atoms with Crippen LogP contribution in [0.15, 0.2) is 45.9 Å². The van der Waals surface area contributed by atoms with Crippen LogP contribution < -0.4 is 10.1 Å². The number of carbonyl (C=O) groups excluding carboxylic acids is 1. The van der Waals surface area contributed by atoms with Gasteiger partial charge < -0.3 is 24.0 Å². The Balaban J connectivity index is 1.48. The number of benzene rings is 2. The number of aliphatic imine (C=N–C) groups is 1. The lowest BCUT2D eigenvalue weighted by Gasteiger charge is -2.26. The highest BCUT2D eigenvalue weighted by atomic mass is 16.6. The van der Waals surface area contributed by atoms with Crippen molar-refractivity contribution in [3.05, 3.63) is 42.3 Å². The van der Waals surface area contributed by atoms with Crippen molar-refractivity contribution in [3.63, 3.8) is 0 Å². The molecular formula is C29H37N5O6. The number of hydrogen-bond donors (Lipinski definition) is 2. The number of fused-ring (bicyclic) bond motifs is 1. The predicted molar refractivity (Wildman–Crippen MR) is 150 cm³/mol. The van der Waals surface area contributed by atoms with Crippen molar-refractivity contribution in [1.29, 1.82) is 0 Å². The molecule has 1 aliphatic heterocycles. The fraction of sp³-hybridized carbons (Fsp3) is 0.483. The Kier molecular flexibility index (Phi) is 9.23. The average molecular weight is 552 g/mol. The first kappa shape index (κ1) is 28.8. The van der Waals surface area contributed by atoms with E-state index >= 15 is 0 Å². The van der Waals surface area contributed by atoms with Crippen LogP contribution in [0.4, 0.5) is 9.59 Å². The van der Waals surface area contributed by atoms with Gasteiger partial charge in [0.1, 0.15) is 17.4 Å². The third kappa shape index (κ3) is 7.71. The van der Waals surface area contributed by atoms with Crippen LogP contribution in [0, 0.1) is 0 Å². The molecule has 2 aromatic carbocycles. The van der Waals surface area contributed by atoms with E-state index in [0.717, 1.165) is 34.9 Å². The van der Waals surface area contributed by atoms with E-state index < -0.39 is 23.8 Å². The van der Waals surface area contributed by atoms with Gasteiger partial charge in [0.25, 0.3) is 0 Å². The van der Waals surface area contributed by atoms with Crippen molar-refractivity contribution >= 4 is 28.9 Å². The Labute approximate surface area is 233 Å². The molecule has 3 aromatic rings. The van der Waals surface area contributed by atoms with E-state index in [1.165, 1.54) is 19.3 Å². The molecule has 214 valence electrons. The summed E-state index contributed by atoms with van der Waals surface area (Å²) in [5, 5.41) is 18.0. The Morgan fingerprint density at radius 3 is 2.67 bits per heavy atom. The van der Waals surface area contributed by atoms with Gasteiger partial charge in [-0.05, 0) is 69.0 Å². The minimum Gasteiger partial charge on any atom is -0.494 e. The van der Waals surface area contributed by atoms with Gasteiger partial charge in [-0.15, -0.1) is 4.99 Å². The molecule has 11 heteroatoms. The van der Waals surface area contributed by atoms with Gasteiger partial charge in [0.2, 0.25) is 17.7 Å². The summed E-state index contributed by atoms with van der Waals surface area (Å²) in [7, 11) is 0. The molecule has 0 saturated carbocycles. The Bertz CT molecular complexity index is 1360. The smallest absolute Gasteiger partial charge is 0.434 e. The first-order chi connectivity index (χ1) is 19.1. The largest absolute Gasteiger partial charge is 0.494 e. The van der Waals surface area contributed by atoms with E-state index in [0.29, 0.717) is 31.3 Å². The molecule has 1 aliphatic rings. The van der Waals surface area contributed by atoms with Crippen LogP contribution in [0.5, 0.6) is 5.75 Å². The summed E-state index contributed by atoms with van der Waals surface area (Å²) in [5.74, 6) is 1.43. The van der Waals surface area contributed by atoms with Crippen LogP contribution in [0.2, 0.25) is 0 Å². The number of guanidine groups is 1. The highest BCUT2D eigenvalue weighted by Crippen LogP contribution is 2.33. The molecule has 1 aromatic heterocycles. The Morgan fingerprint density at radius 1 is 1.15 bits per heavy atom. The van der Waals surface area contributed by atoms with Gasteiger partial charge in [-0.2, -0.15) is 4.98 Å². The number of carboxylic acid groups (broad SMARTS) is 1. The number of hydrogen-bond acceptors (Lipinski definition) is 7. The molecule has 4 rings (SSSR count). The van der Waals surface area contributed by atoms with Crippen molar-refractivity contribution in [1.82, 2.24) is 20.4 Å². The zero-order valence-corrected chi connectivity index (χ0v) is 23.5. The third-order valence-electron chi connectivity index (χ3n) is 6.40. The number of amides is 2. The molecule has 0 spiro atoms. The minimum absolute atomic E-state index is 0.141. The van der Waals surface area contributed by atoms with Crippen LogP contribution >= 0.6 is 0 Å². The standard InChI is InChI=1S/C29H37N5O6/c1-5-6-7-8-16-38-22-14-13-19-17-21(12-11-20(19)18-22)24-30-25(40-33-24)23-10-9-15-34(23)26(31-27(35)36)32-28(37)39-29(2,3)4/h11-14,17-18,23H,5-10,15-16H2,1-4H3,(H,35,36)(H,31,32,37). The molecule has 1 saturated heterocycles. The predicted octanol–water partition coefficient (Wildman–Crippen LogP) is 6.54. The van der Waals surface area contributed by atoms with E-state index in [2.05, 4.69) is 27.4 Å². The molecule has 11 nitrogen and oxygen atoms in total. The summed E-state index contributed by atoms with van der Waals surface area (Å²) in [6, 6.07) is 11.5. The summed E-state index contributed by atoms with van der Waals surface area (Å²) < 4.78 is 16.8. The Hall–Kier alpha value is -4.15. The average Bonchev–Trinajstić information content (AvgIpc) is 3.56. The molecular weight excluding hydrogens is 514 g/mol. The van der Waals surface area contributed by atoms with E-state index in [9.17, 15) is 14.7 Å². The van der Waals surface area contributed by atoms with Crippen molar-refractivity contribution in [2.24, 2.45) is 4.99 Å². The fourth-order valence-electron chi connectivity index (χ4n) is 4.59. The minimum atomic E-state index is -1.44. The quantitative estimate of drug-likeness (QED) is 0.181. The molecule has 40 heavy (non-hydrogen) atoms. The lowest BCUT2D eigenvalue weighted by atomic mass is 10.1. The molecule has 1 fully saturated rings. The van der Waals surface area contributed by atoms with Crippen LogP contribution in [0.3, 0.4) is 0 Å². The number of carbonyl (C=O) groups is 2. The number of ether oxygens (including phenoxy) is 2. The van der Waals surface area contributed by atoms with Crippen LogP contribution in [0.25, 0.3) is 22.2 Å². The van der Waals surface area contributed by atoms with Gasteiger partial charge in [0.15, 0.2) is 0 Å². The molecule has 0 bridgehead atoms. The van der Waals surface area contributed by atoms with Crippen molar-refractivity contribution in [2.45, 2.75) is 77.9 Å². The van der Waals surface area contributed by atoms with Gasteiger partial charge >= 0.3 is 12.2 Å². The lowest BCUT2D eigenvalue weighted by Crippen LogP contribution is -2.46. The Morgan fingerprint density at radius 2 is 1.93 bits per heavy atom. The third-order valence-corrected chi connectivity index (χ3v) is 6.40. The highest BCUT2D eigenvalue weighted by molar-refractivity contribution is 5.98. The zero-order valence-electron chi connectivity index (χ0n) is 23.5. The van der Waals surface area contributed by atoms with E-state index in [1.54, 1.807) is 25.7 Å². The summed E-state index contributed by atoms with van der Waals surface area (Å²) in [5.41, 5.74) is 0.0268. The van der Waals surface area contributed by atoms with Crippen molar-refractivity contribution in [2.75, 3.05) is 13.2 Å². The van der Waals surface area contributed by atoms with Gasteiger partial charge in [-0.25, -0.2) is 9.59 Å². The summed E-state index contributed by atoms with van der Waals surface area (Å²) in [6.07, 6.45) is 3.74. The van der Waals surface area contributed by atoms with E-state index in [1.807, 2.05) is 36.4 Å². The first-order valence-electron chi connectivity index (χ1n) is 13.7. The highest BCUT2D eigenvalue weighted by Gasteiger charge is 2.35. The maximum absolute atomic E-state index is 12.4. The molecule has 2 N–H and O–H groups in total. The van der Waals surface area contributed by atoms with E-state index in [4.69, 9.17) is 14.0 Å². The molecule has 1 atom stereocenters. The van der Waals surface area contributed by atoms with Gasteiger partial charge in [-0.1, -0.05) is 49.5 Å². The SMILES string of the molecule is CCCCCCOc1ccc2cc(-c3noc(C4CCCN4C(=NC(=O)O)NC(=O)OC(C)(C)C)n3)ccc2c1. The van der Waals surface area contributed by atoms with Crippen molar-refractivity contribution < 1.29 is 28.7 Å². The number of likely N-dealkylation sites (tertiary alicyclic amines) is 1. The second kappa shape index (κ2) is 12.8. The molecule has 0 radical (unpaired) electrons. The summed E-state index contributed by atoms with van der Waals surface area (Å²) in [4.78, 5) is 33.6. The maximum atomic E-state index is 12.4. The maximum Gasteiger partial charge on any atom is 0.434 e. The number of unbranched alkanes of at least 4 members (excludes halogenated alkanes) is 3. The van der Waals surface area contributed by atoms with Gasteiger partial charge in [0.05, 0.1) is 6.61 Å². The van der Waals surface area contributed by atoms with Crippen LogP contribution in [-0.2, 0) is 4.74 Å². The lowest BCUT2D eigenvalue weighted by molar-refractivity contribution is 0.0555. The summed E-state index contributed by atoms with van der Waals surface area (Å²) in [6.45, 7) is 8.50. The van der Waals surface area contributed by atoms with Gasteiger partial charge in [-0.3, -0.25) is 5.32 Å². The van der Waals surface area contributed by atoms with Crippen molar-refractivity contribution in [3.8, 4) is 17.1 Å². The second-order valence-corrected chi connectivity index (χ2v) is 10.8. The van der Waals surface area contributed by atoms with Crippen LogP contribution in [-0.4, -0.2) is 57.0 Å². The fourth-order valence-corrected chi connectivity index (χ4v) is 4.59. The molecule has 2 amide bonds. The normalized spacial score (nSPS) is 15.8. The number of alkyl carbamates (subject to hydrolysis) is 1. The monoisotopic (exact) mass is 551 g/mol. The topological polar surface area (TPSA) is 139 Å². The van der Waals surface area contributed by atoms with Gasteiger partial charge in [0, 0.05) is 12.1 Å². The number of aromatic nitrogens is 2.